The van der Waals surface area contributed by atoms with Crippen molar-refractivity contribution in [2.75, 3.05) is 10.6 Å². The molecule has 1 aromatic rings. The van der Waals surface area contributed by atoms with Gasteiger partial charge in [-0.2, -0.15) is 0 Å². The number of carbonyl (C=O) groups excluding carboxylic acids is 2. The molecule has 0 fully saturated rings. The van der Waals surface area contributed by atoms with Gasteiger partial charge >= 0.3 is 0 Å². The molecule has 2 amide bonds. The molecule has 138 valence electrons. The summed E-state index contributed by atoms with van der Waals surface area (Å²) < 4.78 is 0. The number of allylic oxidation sites excluding steroid dienone is 1. The minimum Gasteiger partial charge on any atom is -0.326 e. The number of anilines is 2. The summed E-state index contributed by atoms with van der Waals surface area (Å²) in [5.74, 6) is -0.0780. The Balaban J connectivity index is 2.83. The fourth-order valence-electron chi connectivity index (χ4n) is 2.85. The number of amides is 2. The van der Waals surface area contributed by atoms with E-state index < -0.39 is 10.8 Å². The van der Waals surface area contributed by atoms with Gasteiger partial charge in [-0.05, 0) is 38.0 Å². The van der Waals surface area contributed by atoms with Crippen molar-refractivity contribution >= 4 is 23.2 Å². The fourth-order valence-corrected chi connectivity index (χ4v) is 2.85. The monoisotopic (exact) mass is 344 g/mol. The summed E-state index contributed by atoms with van der Waals surface area (Å²) in [6.45, 7) is 15.6. The molecule has 0 heterocycles. The number of rotatable bonds is 8. The number of nitrogens with one attached hydrogen (secondary N) is 2. The Morgan fingerprint density at radius 2 is 1.48 bits per heavy atom. The first kappa shape index (κ1) is 20.9. The predicted molar refractivity (Wildman–Crippen MR) is 106 cm³/mol. The van der Waals surface area contributed by atoms with Crippen molar-refractivity contribution in [1.82, 2.24) is 0 Å². The van der Waals surface area contributed by atoms with Crippen LogP contribution in [0.25, 0.3) is 0 Å². The highest BCUT2D eigenvalue weighted by Gasteiger charge is 2.28. The van der Waals surface area contributed by atoms with E-state index in [-0.39, 0.29) is 11.8 Å². The minimum atomic E-state index is -0.534. The molecule has 0 bridgehead atoms. The van der Waals surface area contributed by atoms with Crippen LogP contribution >= 0.6 is 0 Å². The molecule has 0 aliphatic carbocycles. The van der Waals surface area contributed by atoms with E-state index in [0.717, 1.165) is 18.4 Å². The molecule has 1 rings (SSSR count). The zero-order valence-corrected chi connectivity index (χ0v) is 16.5. The van der Waals surface area contributed by atoms with E-state index in [0.29, 0.717) is 17.8 Å². The molecule has 1 aromatic carbocycles. The van der Waals surface area contributed by atoms with Crippen LogP contribution in [-0.4, -0.2) is 11.8 Å². The molecule has 0 aliphatic rings. The lowest BCUT2D eigenvalue weighted by Crippen LogP contribution is -2.31. The molecule has 0 spiro atoms. The Morgan fingerprint density at radius 1 is 1.00 bits per heavy atom. The first-order valence-electron chi connectivity index (χ1n) is 8.85. The van der Waals surface area contributed by atoms with Gasteiger partial charge in [0.1, 0.15) is 0 Å². The molecule has 4 heteroatoms. The maximum Gasteiger partial charge on any atom is 0.230 e. The summed E-state index contributed by atoms with van der Waals surface area (Å²) in [6, 6.07) is 7.26. The second-order valence-corrected chi connectivity index (χ2v) is 8.14. The lowest BCUT2D eigenvalue weighted by Gasteiger charge is -2.24. The molecule has 0 aromatic heterocycles. The van der Waals surface area contributed by atoms with Crippen LogP contribution in [0, 0.1) is 10.8 Å². The highest BCUT2D eigenvalue weighted by Crippen LogP contribution is 2.28. The van der Waals surface area contributed by atoms with E-state index in [2.05, 4.69) is 24.1 Å². The summed E-state index contributed by atoms with van der Waals surface area (Å²) in [6.07, 6.45) is 2.40. The summed E-state index contributed by atoms with van der Waals surface area (Å²) in [5, 5.41) is 5.88. The zero-order valence-electron chi connectivity index (χ0n) is 16.5. The largest absolute Gasteiger partial charge is 0.326 e. The second-order valence-electron chi connectivity index (χ2n) is 8.14. The van der Waals surface area contributed by atoms with Gasteiger partial charge in [-0.15, -0.1) is 6.58 Å². The zero-order chi connectivity index (χ0) is 19.3. The Labute approximate surface area is 152 Å². The van der Waals surface area contributed by atoms with Crippen molar-refractivity contribution in [1.29, 1.82) is 0 Å². The molecule has 2 N–H and O–H groups in total. The molecule has 0 saturated carbocycles. The summed E-state index contributed by atoms with van der Waals surface area (Å²) in [5.41, 5.74) is 1.38. The van der Waals surface area contributed by atoms with Gasteiger partial charge in [-0.3, -0.25) is 9.59 Å². The van der Waals surface area contributed by atoms with Crippen molar-refractivity contribution < 1.29 is 9.59 Å². The van der Waals surface area contributed by atoms with Crippen molar-refractivity contribution in [3.63, 3.8) is 0 Å². The van der Waals surface area contributed by atoms with Crippen LogP contribution in [0.4, 0.5) is 11.4 Å². The smallest absolute Gasteiger partial charge is 0.230 e. The number of hydrogen-bond acceptors (Lipinski definition) is 2. The Hall–Kier alpha value is -2.10. The SMILES string of the molecule is C=C(C)CC(C)(C)C(=O)Nc1cccc(NC(=O)C(C)(C)CCC)c1. The number of hydrogen-bond donors (Lipinski definition) is 2. The molecule has 0 saturated heterocycles. The normalized spacial score (nSPS) is 11.8. The lowest BCUT2D eigenvalue weighted by atomic mass is 9.85. The number of benzene rings is 1. The molecule has 0 atom stereocenters. The van der Waals surface area contributed by atoms with Crippen LogP contribution in [0.5, 0.6) is 0 Å². The summed E-state index contributed by atoms with van der Waals surface area (Å²) in [4.78, 5) is 24.9. The van der Waals surface area contributed by atoms with Crippen molar-refractivity contribution in [3.8, 4) is 0 Å². The first-order chi connectivity index (χ1) is 11.5. The van der Waals surface area contributed by atoms with Crippen molar-refractivity contribution in [3.05, 3.63) is 36.4 Å². The third-order valence-electron chi connectivity index (χ3n) is 4.23. The van der Waals surface area contributed by atoms with Crippen LogP contribution in [0.3, 0.4) is 0 Å². The molecule has 0 aliphatic heterocycles. The molecular weight excluding hydrogens is 312 g/mol. The van der Waals surface area contributed by atoms with Crippen molar-refractivity contribution in [2.24, 2.45) is 10.8 Å². The summed E-state index contributed by atoms with van der Waals surface area (Å²) in [7, 11) is 0. The molecule has 4 nitrogen and oxygen atoms in total. The van der Waals surface area contributed by atoms with E-state index >= 15 is 0 Å². The molecule has 25 heavy (non-hydrogen) atoms. The minimum absolute atomic E-state index is 0.0135. The maximum absolute atomic E-state index is 12.5. The third-order valence-corrected chi connectivity index (χ3v) is 4.23. The average molecular weight is 344 g/mol. The van der Waals surface area contributed by atoms with Crippen LogP contribution in [0.15, 0.2) is 36.4 Å². The van der Waals surface area contributed by atoms with Gasteiger partial charge in [-0.25, -0.2) is 0 Å². The van der Waals surface area contributed by atoms with Crippen LogP contribution in [0.1, 0.15) is 60.8 Å². The van der Waals surface area contributed by atoms with E-state index in [9.17, 15) is 9.59 Å². The maximum atomic E-state index is 12.5. The predicted octanol–water partition coefficient (Wildman–Crippen LogP) is 5.38. The topological polar surface area (TPSA) is 58.2 Å². The molecular formula is C21H32N2O2. The van der Waals surface area contributed by atoms with Gasteiger partial charge in [0, 0.05) is 22.2 Å². The van der Waals surface area contributed by atoms with E-state index in [1.54, 1.807) is 6.07 Å². The van der Waals surface area contributed by atoms with Crippen LogP contribution in [0.2, 0.25) is 0 Å². The lowest BCUT2D eigenvalue weighted by molar-refractivity contribution is -0.124. The van der Waals surface area contributed by atoms with Gasteiger partial charge in [0.25, 0.3) is 0 Å². The molecule has 0 unspecified atom stereocenters. The Bertz CT molecular complexity index is 645. The van der Waals surface area contributed by atoms with Gasteiger partial charge in [0.05, 0.1) is 0 Å². The first-order valence-corrected chi connectivity index (χ1v) is 8.85. The van der Waals surface area contributed by atoms with E-state index in [1.165, 1.54) is 0 Å². The fraction of sp³-hybridized carbons (Fsp3) is 0.524. The average Bonchev–Trinajstić information content (AvgIpc) is 2.46. The third kappa shape index (κ3) is 6.37. The standard InChI is InChI=1S/C21H32N2O2/c1-8-12-20(4,5)18(24)22-16-10-9-11-17(13-16)23-19(25)21(6,7)14-15(2)3/h9-11,13H,2,8,12,14H2,1,3-7H3,(H,22,24)(H,23,25). The van der Waals surface area contributed by atoms with Gasteiger partial charge in [0.2, 0.25) is 11.8 Å². The van der Waals surface area contributed by atoms with Crippen LogP contribution in [-0.2, 0) is 9.59 Å². The van der Waals surface area contributed by atoms with E-state index in [4.69, 9.17) is 0 Å². The summed E-state index contributed by atoms with van der Waals surface area (Å²) >= 11 is 0. The number of carbonyl (C=O) groups is 2. The van der Waals surface area contributed by atoms with Crippen LogP contribution < -0.4 is 10.6 Å². The molecule has 0 radical (unpaired) electrons. The quantitative estimate of drug-likeness (QED) is 0.622. The Morgan fingerprint density at radius 3 is 1.92 bits per heavy atom. The highest BCUT2D eigenvalue weighted by molar-refractivity contribution is 5.97. The van der Waals surface area contributed by atoms with E-state index in [1.807, 2.05) is 52.8 Å². The van der Waals surface area contributed by atoms with Gasteiger partial charge in [0.15, 0.2) is 0 Å². The van der Waals surface area contributed by atoms with Crippen molar-refractivity contribution in [2.45, 2.75) is 60.8 Å². The van der Waals surface area contributed by atoms with Gasteiger partial charge in [-0.1, -0.05) is 52.7 Å². The van der Waals surface area contributed by atoms with Gasteiger partial charge < -0.3 is 10.6 Å². The Kier molecular flexibility index (Phi) is 6.97. The highest BCUT2D eigenvalue weighted by atomic mass is 16.2. The second kappa shape index (κ2) is 8.32.